The van der Waals surface area contributed by atoms with Crippen LogP contribution >= 0.6 is 0 Å². The molecule has 2 amide bonds. The molecule has 0 fully saturated rings. The van der Waals surface area contributed by atoms with Crippen LogP contribution in [-0.2, 0) is 9.84 Å². The first-order valence-electron chi connectivity index (χ1n) is 15.4. The summed E-state index contributed by atoms with van der Waals surface area (Å²) in [6.45, 7) is 4.79. The Balaban J connectivity index is 1.28. The zero-order valence-corrected chi connectivity index (χ0v) is 25.8. The van der Waals surface area contributed by atoms with Gasteiger partial charge in [-0.3, -0.25) is 14.5 Å². The summed E-state index contributed by atoms with van der Waals surface area (Å²) in [5.74, 6) is -0.592. The van der Waals surface area contributed by atoms with E-state index in [1.807, 2.05) is 37.3 Å². The number of hydrogen-bond acceptors (Lipinski definition) is 6. The lowest BCUT2D eigenvalue weighted by molar-refractivity contribution is 0.0174. The Bertz CT molecular complexity index is 1540. The number of unbranched alkanes of at least 4 members (excludes halogenated alkanes) is 3. The Morgan fingerprint density at radius 3 is 2.21 bits per heavy atom. The molecular weight excluding hydrogens is 562 g/mol. The zero-order chi connectivity index (χ0) is 30.6. The number of aliphatic hydroxyl groups excluding tert-OH is 1. The molecule has 228 valence electrons. The van der Waals surface area contributed by atoms with E-state index in [2.05, 4.69) is 6.92 Å². The van der Waals surface area contributed by atoms with E-state index in [-0.39, 0.29) is 22.5 Å². The summed E-state index contributed by atoms with van der Waals surface area (Å²) in [6, 6.07) is 21.8. The first-order chi connectivity index (χ1) is 20.7. The molecule has 3 aromatic carbocycles. The smallest absolute Gasteiger partial charge is 0.261 e. The first kappa shape index (κ1) is 31.0. The van der Waals surface area contributed by atoms with E-state index in [0.29, 0.717) is 61.3 Å². The van der Waals surface area contributed by atoms with Gasteiger partial charge >= 0.3 is 0 Å². The number of rotatable bonds is 12. The van der Waals surface area contributed by atoms with E-state index in [4.69, 9.17) is 4.74 Å². The van der Waals surface area contributed by atoms with E-state index < -0.39 is 27.3 Å². The number of sulfone groups is 1. The van der Waals surface area contributed by atoms with Crippen molar-refractivity contribution >= 4 is 21.7 Å². The number of hydrogen-bond donors (Lipinski definition) is 1. The third kappa shape index (κ3) is 6.13. The molecule has 0 saturated carbocycles. The molecule has 43 heavy (non-hydrogen) atoms. The lowest BCUT2D eigenvalue weighted by Crippen LogP contribution is -2.42. The summed E-state index contributed by atoms with van der Waals surface area (Å²) in [5.41, 5.74) is 1.66. The van der Waals surface area contributed by atoms with E-state index >= 15 is 0 Å². The van der Waals surface area contributed by atoms with Crippen LogP contribution in [0, 0.1) is 5.41 Å². The number of carbonyl (C=O) groups excluding carboxylic acids is 2. The predicted octanol–water partition coefficient (Wildman–Crippen LogP) is 6.40. The van der Waals surface area contributed by atoms with Crippen molar-refractivity contribution in [3.05, 3.63) is 95.1 Å². The fourth-order valence-electron chi connectivity index (χ4n) is 6.64. The predicted molar refractivity (Wildman–Crippen MR) is 166 cm³/mol. The molecule has 3 aromatic rings. The van der Waals surface area contributed by atoms with Gasteiger partial charge < -0.3 is 9.84 Å². The largest absolute Gasteiger partial charge is 0.494 e. The second-order valence-corrected chi connectivity index (χ2v) is 13.8. The molecule has 0 bridgehead atoms. The van der Waals surface area contributed by atoms with Crippen LogP contribution in [0.1, 0.15) is 96.6 Å². The van der Waals surface area contributed by atoms with Crippen LogP contribution in [0.4, 0.5) is 0 Å². The number of imide groups is 1. The molecular formula is C35H41NO6S. The average molecular weight is 604 g/mol. The quantitative estimate of drug-likeness (QED) is 0.190. The van der Waals surface area contributed by atoms with Gasteiger partial charge in [0.05, 0.1) is 34.5 Å². The molecule has 5 rings (SSSR count). The topological polar surface area (TPSA) is 101 Å². The zero-order valence-electron chi connectivity index (χ0n) is 25.0. The van der Waals surface area contributed by atoms with Crippen molar-refractivity contribution in [3.8, 4) is 5.75 Å². The van der Waals surface area contributed by atoms with Gasteiger partial charge in [0.15, 0.2) is 9.84 Å². The molecule has 0 saturated heterocycles. The molecule has 0 radical (unpaired) electrons. The fraction of sp³-hybridized carbons (Fsp3) is 0.429. The summed E-state index contributed by atoms with van der Waals surface area (Å²) in [5, 5.41) is 11.9. The van der Waals surface area contributed by atoms with Gasteiger partial charge in [-0.25, -0.2) is 8.42 Å². The minimum atomic E-state index is -3.72. The maximum absolute atomic E-state index is 14.0. The van der Waals surface area contributed by atoms with Crippen molar-refractivity contribution in [3.63, 3.8) is 0 Å². The summed E-state index contributed by atoms with van der Waals surface area (Å²) in [7, 11) is -3.72. The number of amides is 2. The Morgan fingerprint density at radius 1 is 0.884 bits per heavy atom. The fourth-order valence-corrected chi connectivity index (χ4v) is 8.92. The van der Waals surface area contributed by atoms with Crippen LogP contribution < -0.4 is 4.74 Å². The monoisotopic (exact) mass is 603 g/mol. The van der Waals surface area contributed by atoms with Crippen LogP contribution in [0.5, 0.6) is 5.75 Å². The van der Waals surface area contributed by atoms with E-state index in [1.165, 1.54) is 4.90 Å². The molecule has 3 atom stereocenters. The third-order valence-electron chi connectivity index (χ3n) is 9.14. The highest BCUT2D eigenvalue weighted by Crippen LogP contribution is 2.49. The highest BCUT2D eigenvalue weighted by Gasteiger charge is 2.49. The average Bonchev–Trinajstić information content (AvgIpc) is 3.22. The number of fused-ring (bicyclic) bond motifs is 2. The molecule has 8 heteroatoms. The van der Waals surface area contributed by atoms with Crippen molar-refractivity contribution in [2.75, 3.05) is 18.9 Å². The van der Waals surface area contributed by atoms with Crippen molar-refractivity contribution in [1.82, 2.24) is 4.90 Å². The van der Waals surface area contributed by atoms with Gasteiger partial charge in [-0.15, -0.1) is 0 Å². The van der Waals surface area contributed by atoms with Crippen LogP contribution in [0.25, 0.3) is 0 Å². The highest BCUT2D eigenvalue weighted by atomic mass is 32.2. The van der Waals surface area contributed by atoms with E-state index in [9.17, 15) is 23.1 Å². The highest BCUT2D eigenvalue weighted by molar-refractivity contribution is 7.91. The number of nitrogens with zero attached hydrogens (tertiary/aromatic N) is 1. The molecule has 0 aliphatic carbocycles. The van der Waals surface area contributed by atoms with Gasteiger partial charge in [0.25, 0.3) is 11.8 Å². The minimum absolute atomic E-state index is 0.102. The van der Waals surface area contributed by atoms with Crippen molar-refractivity contribution < 1.29 is 27.9 Å². The van der Waals surface area contributed by atoms with Crippen LogP contribution in [0.15, 0.2) is 77.7 Å². The van der Waals surface area contributed by atoms with Crippen molar-refractivity contribution in [2.24, 2.45) is 5.41 Å². The molecule has 1 N–H and O–H groups in total. The number of benzene rings is 3. The number of ether oxygens (including phenoxy) is 1. The summed E-state index contributed by atoms with van der Waals surface area (Å²) >= 11 is 0. The van der Waals surface area contributed by atoms with Gasteiger partial charge in [-0.1, -0.05) is 75.2 Å². The SMILES string of the molecule is CCCC[C@@]1(CC)CS(=O)(=O)c2cc(OCCCCCN3C(=O)c4ccccc4C3=O)ccc2[C@@H](c2ccccc2)C1O. The standard InChI is InChI=1S/C35H41NO6S/c1-3-5-20-35(4-2)24-43(40,41)30-23-26(18-19-29(30)31(32(35)37)25-14-8-6-9-15-25)42-22-13-7-12-21-36-33(38)27-16-10-11-17-28(27)34(36)39/h6,8-11,14-19,23,31-32,37H,3-5,7,12-13,20-22,24H2,1-2H3/t31-,32?,35+/m1/s1. The summed E-state index contributed by atoms with van der Waals surface area (Å²) in [4.78, 5) is 26.7. The molecule has 1 unspecified atom stereocenters. The molecule has 2 aliphatic heterocycles. The number of aliphatic hydroxyl groups is 1. The lowest BCUT2D eigenvalue weighted by atomic mass is 9.69. The van der Waals surface area contributed by atoms with Crippen LogP contribution in [0.2, 0.25) is 0 Å². The van der Waals surface area contributed by atoms with Crippen LogP contribution in [-0.4, -0.2) is 55.2 Å². The van der Waals surface area contributed by atoms with Gasteiger partial charge in [-0.2, -0.15) is 0 Å². The summed E-state index contributed by atoms with van der Waals surface area (Å²) < 4.78 is 33.9. The summed E-state index contributed by atoms with van der Waals surface area (Å²) in [6.07, 6.45) is 4.21. The molecule has 2 aliphatic rings. The minimum Gasteiger partial charge on any atom is -0.494 e. The number of carbonyl (C=O) groups is 2. The molecule has 0 spiro atoms. The van der Waals surface area contributed by atoms with Gasteiger partial charge in [-0.05, 0) is 67.5 Å². The van der Waals surface area contributed by atoms with E-state index in [1.54, 1.807) is 42.5 Å². The Hall–Kier alpha value is -3.49. The lowest BCUT2D eigenvalue weighted by Gasteiger charge is -2.39. The Labute approximate surface area is 254 Å². The van der Waals surface area contributed by atoms with Crippen molar-refractivity contribution in [2.45, 2.75) is 75.7 Å². The maximum atomic E-state index is 14.0. The normalized spacial score (nSPS) is 22.6. The first-order valence-corrected chi connectivity index (χ1v) is 17.1. The van der Waals surface area contributed by atoms with Gasteiger partial charge in [0.1, 0.15) is 5.75 Å². The van der Waals surface area contributed by atoms with Gasteiger partial charge in [0, 0.05) is 17.9 Å². The Kier molecular flexibility index (Phi) is 9.37. The van der Waals surface area contributed by atoms with Crippen LogP contribution in [0.3, 0.4) is 0 Å². The third-order valence-corrected chi connectivity index (χ3v) is 11.1. The molecule has 7 nitrogen and oxygen atoms in total. The second-order valence-electron chi connectivity index (χ2n) is 11.8. The Morgan fingerprint density at radius 2 is 1.56 bits per heavy atom. The molecule has 2 heterocycles. The second kappa shape index (κ2) is 13.0. The van der Waals surface area contributed by atoms with Gasteiger partial charge in [0.2, 0.25) is 0 Å². The van der Waals surface area contributed by atoms with E-state index in [0.717, 1.165) is 24.8 Å². The van der Waals surface area contributed by atoms with Crippen molar-refractivity contribution in [1.29, 1.82) is 0 Å². The molecule has 0 aromatic heterocycles. The maximum Gasteiger partial charge on any atom is 0.261 e.